The van der Waals surface area contributed by atoms with Crippen LogP contribution in [-0.4, -0.2) is 67.3 Å². The van der Waals surface area contributed by atoms with Crippen LogP contribution in [0.3, 0.4) is 0 Å². The second-order valence-corrected chi connectivity index (χ2v) is 11.3. The van der Waals surface area contributed by atoms with Gasteiger partial charge in [0, 0.05) is 55.0 Å². The molecule has 2 aliphatic rings. The van der Waals surface area contributed by atoms with Crippen molar-refractivity contribution in [3.05, 3.63) is 65.9 Å². The van der Waals surface area contributed by atoms with E-state index in [2.05, 4.69) is 4.98 Å². The molecule has 2 N–H and O–H groups in total. The Morgan fingerprint density at radius 2 is 1.53 bits per heavy atom. The molecule has 2 saturated heterocycles. The van der Waals surface area contributed by atoms with Gasteiger partial charge in [0.05, 0.1) is 16.5 Å². The average molecular weight is 509 g/mol. The van der Waals surface area contributed by atoms with Gasteiger partial charge in [0.1, 0.15) is 11.4 Å². The number of sulfonamides is 1. The summed E-state index contributed by atoms with van der Waals surface area (Å²) in [6.07, 6.45) is -0.0377. The number of ether oxygens (including phenoxy) is 1. The number of nitrogens with two attached hydrogens (primary N) is 1. The number of fused-ring (bicyclic) bond motifs is 2. The van der Waals surface area contributed by atoms with Crippen molar-refractivity contribution in [2.24, 2.45) is 17.0 Å². The molecule has 2 amide bonds. The highest BCUT2D eigenvalue weighted by molar-refractivity contribution is 7.89. The van der Waals surface area contributed by atoms with Crippen LogP contribution < -0.4 is 9.88 Å². The summed E-state index contributed by atoms with van der Waals surface area (Å²) in [7, 11) is -3.81. The van der Waals surface area contributed by atoms with Crippen molar-refractivity contribution < 1.29 is 22.7 Å². The fourth-order valence-corrected chi connectivity index (χ4v) is 5.58. The lowest BCUT2D eigenvalue weighted by Gasteiger charge is -2.22. The largest absolute Gasteiger partial charge is 0.490 e. The number of likely N-dealkylation sites (tertiary alicyclic amines) is 2. The molecule has 10 heteroatoms. The van der Waals surface area contributed by atoms with Crippen molar-refractivity contribution in [3.63, 3.8) is 0 Å². The van der Waals surface area contributed by atoms with Crippen LogP contribution >= 0.6 is 0 Å². The van der Waals surface area contributed by atoms with Gasteiger partial charge in [-0.3, -0.25) is 9.59 Å². The molecule has 2 fully saturated rings. The van der Waals surface area contributed by atoms with E-state index in [1.165, 1.54) is 24.3 Å². The third-order valence-electron chi connectivity index (χ3n) is 6.75. The van der Waals surface area contributed by atoms with E-state index in [9.17, 15) is 18.0 Å². The molecule has 2 aliphatic heterocycles. The maximum Gasteiger partial charge on any atom is 0.272 e. The zero-order chi connectivity index (χ0) is 25.6. The minimum atomic E-state index is -3.81. The van der Waals surface area contributed by atoms with Crippen LogP contribution in [0.15, 0.2) is 59.5 Å². The summed E-state index contributed by atoms with van der Waals surface area (Å²) in [5.41, 5.74) is 1.48. The van der Waals surface area contributed by atoms with Crippen LogP contribution in [0.2, 0.25) is 0 Å². The number of para-hydroxylation sites is 1. The summed E-state index contributed by atoms with van der Waals surface area (Å²) in [6.45, 7) is 6.06. The minimum Gasteiger partial charge on any atom is -0.490 e. The first kappa shape index (κ1) is 24.2. The van der Waals surface area contributed by atoms with Crippen molar-refractivity contribution in [2.45, 2.75) is 24.8 Å². The third-order valence-corrected chi connectivity index (χ3v) is 7.68. The van der Waals surface area contributed by atoms with E-state index < -0.39 is 10.0 Å². The molecular weight excluding hydrogens is 480 g/mol. The van der Waals surface area contributed by atoms with Crippen LogP contribution in [0.25, 0.3) is 10.9 Å². The molecule has 2 aromatic carbocycles. The molecule has 0 spiro atoms. The number of hydrogen-bond donors (Lipinski definition) is 1. The monoisotopic (exact) mass is 508 g/mol. The Morgan fingerprint density at radius 3 is 2.11 bits per heavy atom. The molecule has 188 valence electrons. The molecule has 2 unspecified atom stereocenters. The summed E-state index contributed by atoms with van der Waals surface area (Å²) in [5, 5.41) is 6.00. The van der Waals surface area contributed by atoms with Crippen LogP contribution in [-0.2, 0) is 10.0 Å². The number of rotatable bonds is 5. The summed E-state index contributed by atoms with van der Waals surface area (Å²) < 4.78 is 28.9. The number of aromatic nitrogens is 1. The van der Waals surface area contributed by atoms with Gasteiger partial charge in [-0.1, -0.05) is 12.1 Å². The number of carbonyl (C=O) groups excluding carboxylic acids is 2. The number of hydrogen-bond acceptors (Lipinski definition) is 6. The Morgan fingerprint density at radius 1 is 0.944 bits per heavy atom. The molecule has 2 atom stereocenters. The summed E-state index contributed by atoms with van der Waals surface area (Å²) in [6, 6.07) is 15.0. The second-order valence-electron chi connectivity index (χ2n) is 9.70. The van der Waals surface area contributed by atoms with E-state index in [4.69, 9.17) is 9.88 Å². The van der Waals surface area contributed by atoms with Crippen LogP contribution in [0.4, 0.5) is 0 Å². The summed E-state index contributed by atoms with van der Waals surface area (Å²) >= 11 is 0. The highest BCUT2D eigenvalue weighted by atomic mass is 32.2. The summed E-state index contributed by atoms with van der Waals surface area (Å²) in [5.74, 6) is 0.695. The first-order valence-electron chi connectivity index (χ1n) is 11.9. The van der Waals surface area contributed by atoms with Gasteiger partial charge < -0.3 is 14.5 Å². The average Bonchev–Trinajstić information content (AvgIpc) is 3.42. The molecule has 36 heavy (non-hydrogen) atoms. The molecule has 1 aromatic heterocycles. The quantitative estimate of drug-likeness (QED) is 0.565. The number of carbonyl (C=O) groups is 2. The van der Waals surface area contributed by atoms with Crippen molar-refractivity contribution in [1.82, 2.24) is 14.8 Å². The van der Waals surface area contributed by atoms with Crippen LogP contribution in [0.5, 0.6) is 5.75 Å². The highest BCUT2D eigenvalue weighted by Crippen LogP contribution is 2.34. The Balaban J connectivity index is 1.28. The van der Waals surface area contributed by atoms with Gasteiger partial charge in [-0.2, -0.15) is 0 Å². The Labute approximate surface area is 209 Å². The number of primary sulfonamides is 1. The standard InChI is InChI=1S/C26H28N4O5S/c1-16(2)35-24-11-23(28-22-6-4-3-5-21(22)24)26(32)30-14-18-12-29(13-19(18)15-30)25(31)17-7-9-20(10-8-17)36(27,33)34/h3-11,16,18-19H,12-15H2,1-2H3,(H2,27,33,34). The number of benzene rings is 2. The van der Waals surface area contributed by atoms with E-state index in [1.807, 2.05) is 43.0 Å². The van der Waals surface area contributed by atoms with Gasteiger partial charge in [0.15, 0.2) is 0 Å². The van der Waals surface area contributed by atoms with Crippen molar-refractivity contribution >= 4 is 32.7 Å². The van der Waals surface area contributed by atoms with Crippen molar-refractivity contribution in [1.29, 1.82) is 0 Å². The van der Waals surface area contributed by atoms with Crippen molar-refractivity contribution in [3.8, 4) is 5.75 Å². The first-order valence-corrected chi connectivity index (χ1v) is 13.4. The van der Waals surface area contributed by atoms with Crippen molar-refractivity contribution in [2.75, 3.05) is 26.2 Å². The Kier molecular flexibility index (Phi) is 6.17. The van der Waals surface area contributed by atoms with Gasteiger partial charge in [0.2, 0.25) is 10.0 Å². The predicted octanol–water partition coefficient (Wildman–Crippen LogP) is 2.51. The van der Waals surface area contributed by atoms with E-state index in [0.717, 1.165) is 5.39 Å². The molecule has 9 nitrogen and oxygen atoms in total. The molecule has 0 aliphatic carbocycles. The summed E-state index contributed by atoms with van der Waals surface area (Å²) in [4.78, 5) is 34.5. The molecule has 0 saturated carbocycles. The zero-order valence-electron chi connectivity index (χ0n) is 20.1. The minimum absolute atomic E-state index is 0.0317. The fourth-order valence-electron chi connectivity index (χ4n) is 5.06. The van der Waals surface area contributed by atoms with E-state index in [-0.39, 0.29) is 34.6 Å². The SMILES string of the molecule is CC(C)Oc1cc(C(=O)N2CC3CN(C(=O)c4ccc(S(N)(=O)=O)cc4)CC3C2)nc2ccccc12. The predicted molar refractivity (Wildman–Crippen MR) is 134 cm³/mol. The Hall–Kier alpha value is -3.50. The molecule has 3 aromatic rings. The van der Waals surface area contributed by atoms with Gasteiger partial charge in [-0.25, -0.2) is 18.5 Å². The fraction of sp³-hybridized carbons (Fsp3) is 0.346. The van der Waals surface area contributed by atoms with Gasteiger partial charge >= 0.3 is 0 Å². The molecule has 0 radical (unpaired) electrons. The second kappa shape index (κ2) is 9.18. The lowest BCUT2D eigenvalue weighted by atomic mass is 10.0. The molecule has 5 rings (SSSR count). The van der Waals surface area contributed by atoms with E-state index in [1.54, 1.807) is 11.0 Å². The van der Waals surface area contributed by atoms with Gasteiger partial charge in [0.25, 0.3) is 11.8 Å². The smallest absolute Gasteiger partial charge is 0.272 e. The Bertz CT molecular complexity index is 1420. The zero-order valence-corrected chi connectivity index (χ0v) is 20.9. The topological polar surface area (TPSA) is 123 Å². The number of nitrogens with zero attached hydrogens (tertiary/aromatic N) is 3. The van der Waals surface area contributed by atoms with Crippen LogP contribution in [0, 0.1) is 11.8 Å². The van der Waals surface area contributed by atoms with Gasteiger partial charge in [-0.05, 0) is 50.2 Å². The first-order chi connectivity index (χ1) is 17.1. The third kappa shape index (κ3) is 4.66. The van der Waals surface area contributed by atoms with E-state index in [0.29, 0.717) is 48.7 Å². The maximum atomic E-state index is 13.4. The molecule has 0 bridgehead atoms. The molecule has 3 heterocycles. The van der Waals surface area contributed by atoms with Crippen LogP contribution in [0.1, 0.15) is 34.7 Å². The normalized spacial score (nSPS) is 19.7. The highest BCUT2D eigenvalue weighted by Gasteiger charge is 2.43. The number of pyridine rings is 1. The number of amides is 2. The lowest BCUT2D eigenvalue weighted by Crippen LogP contribution is -2.36. The lowest BCUT2D eigenvalue weighted by molar-refractivity contribution is 0.0735. The molecular formula is C26H28N4O5S. The van der Waals surface area contributed by atoms with E-state index >= 15 is 0 Å². The van der Waals surface area contributed by atoms with Gasteiger partial charge in [-0.15, -0.1) is 0 Å². The maximum absolute atomic E-state index is 13.4.